The molecule has 0 aliphatic carbocycles. The molecule has 13 heteroatoms. The summed E-state index contributed by atoms with van der Waals surface area (Å²) in [6.45, 7) is 3.45. The van der Waals surface area contributed by atoms with Crippen LogP contribution in [0.25, 0.3) is 5.69 Å². The van der Waals surface area contributed by atoms with E-state index in [9.17, 15) is 27.6 Å². The first kappa shape index (κ1) is 29.0. The van der Waals surface area contributed by atoms with Crippen LogP contribution in [0, 0.1) is 0 Å². The molecule has 10 nitrogen and oxygen atoms in total. The molecule has 0 saturated carbocycles. The molecule has 1 aromatic heterocycles. The Balaban J connectivity index is 1.68. The Morgan fingerprint density at radius 3 is 2.21 bits per heavy atom. The highest BCUT2D eigenvalue weighted by atomic mass is 19.4. The number of hydrogen-bond donors (Lipinski definition) is 2. The van der Waals surface area contributed by atoms with Gasteiger partial charge in [0.1, 0.15) is 17.2 Å². The second-order valence-electron chi connectivity index (χ2n) is 7.86. The highest BCUT2D eigenvalue weighted by Crippen LogP contribution is 2.32. The minimum Gasteiger partial charge on any atom is -0.494 e. The fourth-order valence-electron chi connectivity index (χ4n) is 3.40. The summed E-state index contributed by atoms with van der Waals surface area (Å²) in [7, 11) is 0. The zero-order chi connectivity index (χ0) is 28.4. The predicted octanol–water partition coefficient (Wildman–Crippen LogP) is 3.39. The van der Waals surface area contributed by atoms with Gasteiger partial charge in [0.15, 0.2) is 12.3 Å². The monoisotopic (exact) mass is 548 g/mol. The molecule has 2 aromatic carbocycles. The average Bonchev–Trinajstić information content (AvgIpc) is 3.37. The standard InChI is InChI=1S/C26H27F3N4O6/c1-3-37-18-11-9-17(10-12-18)24(35)30-13-14-31-25(36)19-15-33(32-23(19)26(27,28)29)20-7-5-6-8-21(20)39-16-22(34)38-4-2/h5-12,15H,3-4,13-14,16H2,1-2H3,(H,30,35)(H,31,36). The summed E-state index contributed by atoms with van der Waals surface area (Å²) in [5.41, 5.74) is -1.69. The number of amides is 2. The first-order chi connectivity index (χ1) is 18.6. The van der Waals surface area contributed by atoms with Crippen LogP contribution < -0.4 is 20.1 Å². The molecular weight excluding hydrogens is 521 g/mol. The zero-order valence-corrected chi connectivity index (χ0v) is 21.2. The van der Waals surface area contributed by atoms with E-state index in [0.717, 1.165) is 10.9 Å². The molecule has 0 aliphatic rings. The smallest absolute Gasteiger partial charge is 0.435 e. The Hall–Kier alpha value is -4.55. The van der Waals surface area contributed by atoms with Crippen molar-refractivity contribution in [1.29, 1.82) is 0 Å². The number of rotatable bonds is 12. The lowest BCUT2D eigenvalue weighted by atomic mass is 10.2. The summed E-state index contributed by atoms with van der Waals surface area (Å²) in [6, 6.07) is 12.4. The molecule has 2 amide bonds. The van der Waals surface area contributed by atoms with Crippen LogP contribution >= 0.6 is 0 Å². The molecule has 1 heterocycles. The minimum atomic E-state index is -4.93. The van der Waals surface area contributed by atoms with Crippen molar-refractivity contribution in [3.05, 3.63) is 71.5 Å². The molecular formula is C26H27F3N4O6. The fourth-order valence-corrected chi connectivity index (χ4v) is 3.40. The van der Waals surface area contributed by atoms with Crippen LogP contribution in [0.15, 0.2) is 54.7 Å². The topological polar surface area (TPSA) is 121 Å². The van der Waals surface area contributed by atoms with Gasteiger partial charge in [-0.25, -0.2) is 9.48 Å². The van der Waals surface area contributed by atoms with Crippen molar-refractivity contribution in [3.8, 4) is 17.2 Å². The van der Waals surface area contributed by atoms with E-state index < -0.39 is 41.8 Å². The number of aromatic nitrogens is 2. The van der Waals surface area contributed by atoms with Gasteiger partial charge >= 0.3 is 12.1 Å². The van der Waals surface area contributed by atoms with Gasteiger partial charge in [-0.1, -0.05) is 12.1 Å². The molecule has 0 unspecified atom stereocenters. The largest absolute Gasteiger partial charge is 0.494 e. The van der Waals surface area contributed by atoms with E-state index in [1.807, 2.05) is 6.92 Å². The Kier molecular flexibility index (Phi) is 9.90. The SMILES string of the molecule is CCOC(=O)COc1ccccc1-n1cc(C(=O)NCCNC(=O)c2ccc(OCC)cc2)c(C(F)(F)F)n1. The van der Waals surface area contributed by atoms with Gasteiger partial charge in [-0.3, -0.25) is 9.59 Å². The molecule has 39 heavy (non-hydrogen) atoms. The van der Waals surface area contributed by atoms with E-state index >= 15 is 0 Å². The van der Waals surface area contributed by atoms with Crippen molar-refractivity contribution >= 4 is 17.8 Å². The quantitative estimate of drug-likeness (QED) is 0.263. The Morgan fingerprint density at radius 1 is 0.897 bits per heavy atom. The van der Waals surface area contributed by atoms with Gasteiger partial charge in [0, 0.05) is 24.8 Å². The first-order valence-electron chi connectivity index (χ1n) is 12.0. The molecule has 208 valence electrons. The van der Waals surface area contributed by atoms with E-state index in [1.54, 1.807) is 37.3 Å². The number of para-hydroxylation sites is 2. The Bertz CT molecular complexity index is 1290. The summed E-state index contributed by atoms with van der Waals surface area (Å²) < 4.78 is 57.5. The molecule has 0 spiro atoms. The minimum absolute atomic E-state index is 0.0300. The second kappa shape index (κ2) is 13.3. The van der Waals surface area contributed by atoms with Crippen molar-refractivity contribution in [1.82, 2.24) is 20.4 Å². The van der Waals surface area contributed by atoms with Crippen molar-refractivity contribution in [2.75, 3.05) is 32.9 Å². The first-order valence-corrected chi connectivity index (χ1v) is 12.0. The summed E-state index contributed by atoms with van der Waals surface area (Å²) in [6.07, 6.45) is -4.01. The lowest BCUT2D eigenvalue weighted by Gasteiger charge is -2.11. The van der Waals surface area contributed by atoms with Crippen LogP contribution in [0.5, 0.6) is 11.5 Å². The maximum Gasteiger partial charge on any atom is 0.435 e. The Labute approximate surface area is 222 Å². The van der Waals surface area contributed by atoms with E-state index in [-0.39, 0.29) is 31.1 Å². The second-order valence-corrected chi connectivity index (χ2v) is 7.86. The number of esters is 1. The zero-order valence-electron chi connectivity index (χ0n) is 21.2. The summed E-state index contributed by atoms with van der Waals surface area (Å²) in [5, 5.41) is 8.51. The third-order valence-corrected chi connectivity index (χ3v) is 5.11. The van der Waals surface area contributed by atoms with Crippen LogP contribution in [0.4, 0.5) is 13.2 Å². The van der Waals surface area contributed by atoms with Crippen molar-refractivity contribution in [2.24, 2.45) is 0 Å². The lowest BCUT2D eigenvalue weighted by Crippen LogP contribution is -2.35. The summed E-state index contributed by atoms with van der Waals surface area (Å²) in [4.78, 5) is 36.6. The third-order valence-electron chi connectivity index (χ3n) is 5.11. The number of alkyl halides is 3. The van der Waals surface area contributed by atoms with Crippen molar-refractivity contribution in [3.63, 3.8) is 0 Å². The molecule has 3 aromatic rings. The maximum absolute atomic E-state index is 13.7. The molecule has 0 saturated heterocycles. The van der Waals surface area contributed by atoms with Crippen LogP contribution in [-0.4, -0.2) is 60.5 Å². The van der Waals surface area contributed by atoms with Crippen LogP contribution in [-0.2, 0) is 15.7 Å². The van der Waals surface area contributed by atoms with Gasteiger partial charge in [-0.15, -0.1) is 0 Å². The number of carbonyl (C=O) groups is 3. The van der Waals surface area contributed by atoms with Gasteiger partial charge in [0.2, 0.25) is 0 Å². The van der Waals surface area contributed by atoms with E-state index in [4.69, 9.17) is 14.2 Å². The molecule has 0 bridgehead atoms. The highest BCUT2D eigenvalue weighted by molar-refractivity contribution is 5.96. The average molecular weight is 549 g/mol. The van der Waals surface area contributed by atoms with Crippen LogP contribution in [0.3, 0.4) is 0 Å². The number of hydrogen-bond acceptors (Lipinski definition) is 7. The van der Waals surface area contributed by atoms with Crippen molar-refractivity contribution in [2.45, 2.75) is 20.0 Å². The van der Waals surface area contributed by atoms with E-state index in [2.05, 4.69) is 15.7 Å². The summed E-state index contributed by atoms with van der Waals surface area (Å²) >= 11 is 0. The van der Waals surface area contributed by atoms with E-state index in [1.165, 1.54) is 18.2 Å². The van der Waals surface area contributed by atoms with Crippen LogP contribution in [0.1, 0.15) is 40.3 Å². The Morgan fingerprint density at radius 2 is 1.56 bits per heavy atom. The van der Waals surface area contributed by atoms with Gasteiger partial charge in [0.05, 0.1) is 18.8 Å². The molecule has 2 N–H and O–H groups in total. The molecule has 3 rings (SSSR count). The fraction of sp³-hybridized carbons (Fsp3) is 0.308. The predicted molar refractivity (Wildman–Crippen MR) is 133 cm³/mol. The van der Waals surface area contributed by atoms with E-state index in [0.29, 0.717) is 17.9 Å². The number of ether oxygens (including phenoxy) is 3. The number of halogens is 3. The number of benzene rings is 2. The number of carbonyl (C=O) groups excluding carboxylic acids is 3. The number of nitrogens with zero attached hydrogens (tertiary/aromatic N) is 2. The molecule has 0 radical (unpaired) electrons. The molecule has 0 aliphatic heterocycles. The highest BCUT2D eigenvalue weighted by Gasteiger charge is 2.39. The van der Waals surface area contributed by atoms with Gasteiger partial charge in [0.25, 0.3) is 11.8 Å². The normalized spacial score (nSPS) is 11.0. The van der Waals surface area contributed by atoms with Crippen molar-refractivity contribution < 1.29 is 41.8 Å². The van der Waals surface area contributed by atoms with Crippen LogP contribution in [0.2, 0.25) is 0 Å². The van der Waals surface area contributed by atoms with Gasteiger partial charge in [-0.05, 0) is 50.2 Å². The summed E-state index contributed by atoms with van der Waals surface area (Å²) in [5.74, 6) is -1.44. The maximum atomic E-state index is 13.7. The molecule has 0 fully saturated rings. The number of nitrogens with one attached hydrogen (secondary N) is 2. The molecule has 0 atom stereocenters. The van der Waals surface area contributed by atoms with Gasteiger partial charge in [-0.2, -0.15) is 18.3 Å². The lowest BCUT2D eigenvalue weighted by molar-refractivity contribution is -0.145. The third kappa shape index (κ3) is 7.97. The van der Waals surface area contributed by atoms with Gasteiger partial charge < -0.3 is 24.8 Å².